The quantitative estimate of drug-likeness (QED) is 0.638. The van der Waals surface area contributed by atoms with Crippen molar-refractivity contribution in [3.8, 4) is 6.07 Å². The summed E-state index contributed by atoms with van der Waals surface area (Å²) in [6, 6.07) is 1.89. The highest BCUT2D eigenvalue weighted by atomic mass is 16.7. The maximum Gasteiger partial charge on any atom is 0.170 e. The molecule has 0 saturated carbocycles. The molecule has 13 heavy (non-hydrogen) atoms. The van der Waals surface area contributed by atoms with Crippen LogP contribution in [0.4, 0.5) is 5.82 Å². The van der Waals surface area contributed by atoms with E-state index >= 15 is 0 Å². The van der Waals surface area contributed by atoms with Gasteiger partial charge < -0.3 is 0 Å². The van der Waals surface area contributed by atoms with E-state index in [0.717, 1.165) is 0 Å². The summed E-state index contributed by atoms with van der Waals surface area (Å²) >= 11 is 0. The van der Waals surface area contributed by atoms with Crippen molar-refractivity contribution in [1.82, 2.24) is 9.97 Å². The smallest absolute Gasteiger partial charge is 0.170 e. The third-order valence-corrected chi connectivity index (χ3v) is 1.40. The number of hydrogen-bond donors (Lipinski definition) is 0. The van der Waals surface area contributed by atoms with E-state index in [4.69, 9.17) is 10.1 Å². The maximum atomic E-state index is 8.47. The molecule has 0 N–H and O–H groups in total. The molecule has 68 valence electrons. The van der Waals surface area contributed by atoms with Crippen LogP contribution in [-0.4, -0.2) is 23.6 Å². The molecule has 0 aliphatic rings. The molecule has 0 radical (unpaired) electrons. The second-order valence-corrected chi connectivity index (χ2v) is 2.29. The summed E-state index contributed by atoms with van der Waals surface area (Å²) in [5.74, 6) is 0.584. The highest BCUT2D eigenvalue weighted by molar-refractivity contribution is 5.32. The minimum Gasteiger partial charge on any atom is -0.273 e. The molecule has 1 rings (SSSR count). The van der Waals surface area contributed by atoms with E-state index in [1.165, 1.54) is 17.5 Å². The minimum atomic E-state index is 0.300. The summed E-state index contributed by atoms with van der Waals surface area (Å²) in [5.41, 5.74) is 0.300. The molecule has 1 aromatic rings. The first kappa shape index (κ1) is 9.42. The maximum absolute atomic E-state index is 8.47. The van der Waals surface area contributed by atoms with Crippen molar-refractivity contribution in [1.29, 1.82) is 5.26 Å². The van der Waals surface area contributed by atoms with Crippen molar-refractivity contribution in [2.45, 2.75) is 6.92 Å². The molecule has 1 aromatic heterocycles. The standard InChI is InChI=1S/C8H10N4O/c1-3-13-12(2)8-6-10-7(4-9)5-11-8/h5-6H,3H2,1-2H3. The largest absolute Gasteiger partial charge is 0.273 e. The molecule has 0 aliphatic carbocycles. The van der Waals surface area contributed by atoms with Crippen LogP contribution in [0.2, 0.25) is 0 Å². The molecular weight excluding hydrogens is 168 g/mol. The molecule has 0 aromatic carbocycles. The summed E-state index contributed by atoms with van der Waals surface area (Å²) in [5, 5.41) is 9.98. The van der Waals surface area contributed by atoms with Crippen molar-refractivity contribution in [2.75, 3.05) is 18.7 Å². The van der Waals surface area contributed by atoms with Gasteiger partial charge in [-0.25, -0.2) is 15.0 Å². The zero-order chi connectivity index (χ0) is 9.68. The average Bonchev–Trinajstić information content (AvgIpc) is 2.18. The van der Waals surface area contributed by atoms with E-state index in [2.05, 4.69) is 9.97 Å². The number of anilines is 1. The third kappa shape index (κ3) is 2.39. The van der Waals surface area contributed by atoms with Gasteiger partial charge >= 0.3 is 0 Å². The molecule has 1 heterocycles. The van der Waals surface area contributed by atoms with Crippen molar-refractivity contribution >= 4 is 5.82 Å². The van der Waals surface area contributed by atoms with Crippen LogP contribution < -0.4 is 5.06 Å². The zero-order valence-corrected chi connectivity index (χ0v) is 7.56. The number of hydrogen-bond acceptors (Lipinski definition) is 5. The summed E-state index contributed by atoms with van der Waals surface area (Å²) < 4.78 is 0. The molecule has 0 saturated heterocycles. The lowest BCUT2D eigenvalue weighted by atomic mass is 10.5. The van der Waals surface area contributed by atoms with Crippen LogP contribution in [0.3, 0.4) is 0 Å². The van der Waals surface area contributed by atoms with Crippen LogP contribution in [0, 0.1) is 11.3 Å². The molecular formula is C8H10N4O. The lowest BCUT2D eigenvalue weighted by molar-refractivity contribution is 0.133. The second kappa shape index (κ2) is 4.38. The van der Waals surface area contributed by atoms with Gasteiger partial charge in [-0.3, -0.25) is 4.84 Å². The number of aromatic nitrogens is 2. The fraction of sp³-hybridized carbons (Fsp3) is 0.375. The molecule has 0 aliphatic heterocycles. The molecule has 0 spiro atoms. The Balaban J connectivity index is 2.75. The van der Waals surface area contributed by atoms with Gasteiger partial charge in [0, 0.05) is 7.05 Å². The van der Waals surface area contributed by atoms with E-state index in [0.29, 0.717) is 18.1 Å². The van der Waals surface area contributed by atoms with Gasteiger partial charge in [-0.1, -0.05) is 0 Å². The predicted octanol–water partition coefficient (Wildman–Crippen LogP) is 0.736. The number of hydroxylamine groups is 1. The van der Waals surface area contributed by atoms with Gasteiger partial charge in [-0.2, -0.15) is 5.26 Å². The number of nitrogens with zero attached hydrogens (tertiary/aromatic N) is 4. The molecule has 0 amide bonds. The molecule has 5 heteroatoms. The Hall–Kier alpha value is -1.67. The van der Waals surface area contributed by atoms with E-state index in [1.54, 1.807) is 7.05 Å². The molecule has 5 nitrogen and oxygen atoms in total. The van der Waals surface area contributed by atoms with Gasteiger partial charge in [0.15, 0.2) is 11.5 Å². The summed E-state index contributed by atoms with van der Waals surface area (Å²) in [7, 11) is 1.74. The number of rotatable bonds is 3. The molecule has 0 unspecified atom stereocenters. The van der Waals surface area contributed by atoms with Crippen LogP contribution in [0.1, 0.15) is 12.6 Å². The Labute approximate surface area is 76.6 Å². The Morgan fingerprint density at radius 2 is 2.31 bits per heavy atom. The normalized spacial score (nSPS) is 9.31. The van der Waals surface area contributed by atoms with E-state index in [-0.39, 0.29) is 0 Å². The van der Waals surface area contributed by atoms with Crippen LogP contribution in [-0.2, 0) is 4.84 Å². The van der Waals surface area contributed by atoms with Gasteiger partial charge in [0.05, 0.1) is 19.0 Å². The van der Waals surface area contributed by atoms with Crippen molar-refractivity contribution in [2.24, 2.45) is 0 Å². The zero-order valence-electron chi connectivity index (χ0n) is 7.56. The van der Waals surface area contributed by atoms with E-state index < -0.39 is 0 Å². The van der Waals surface area contributed by atoms with Gasteiger partial charge in [-0.05, 0) is 6.92 Å². The number of nitriles is 1. The van der Waals surface area contributed by atoms with Crippen molar-refractivity contribution in [3.05, 3.63) is 18.1 Å². The Morgan fingerprint density at radius 1 is 1.54 bits per heavy atom. The Bertz CT molecular complexity index is 303. The monoisotopic (exact) mass is 178 g/mol. The summed E-state index contributed by atoms with van der Waals surface area (Å²) in [4.78, 5) is 13.0. The fourth-order valence-corrected chi connectivity index (χ4v) is 0.801. The van der Waals surface area contributed by atoms with Crippen molar-refractivity contribution in [3.63, 3.8) is 0 Å². The SMILES string of the molecule is CCON(C)c1cnc(C#N)cn1. The van der Waals surface area contributed by atoms with Gasteiger partial charge in [-0.15, -0.1) is 0 Å². The topological polar surface area (TPSA) is 62.0 Å². The predicted molar refractivity (Wildman–Crippen MR) is 46.8 cm³/mol. The van der Waals surface area contributed by atoms with Crippen LogP contribution in [0.5, 0.6) is 0 Å². The highest BCUT2D eigenvalue weighted by Gasteiger charge is 2.01. The van der Waals surface area contributed by atoms with E-state index in [9.17, 15) is 0 Å². The lowest BCUT2D eigenvalue weighted by Gasteiger charge is -2.15. The first-order chi connectivity index (χ1) is 6.27. The Kier molecular flexibility index (Phi) is 3.17. The van der Waals surface area contributed by atoms with E-state index in [1.807, 2.05) is 13.0 Å². The minimum absolute atomic E-state index is 0.300. The molecule has 0 fully saturated rings. The Morgan fingerprint density at radius 3 is 2.77 bits per heavy atom. The first-order valence-corrected chi connectivity index (χ1v) is 3.86. The van der Waals surface area contributed by atoms with Crippen LogP contribution in [0.25, 0.3) is 0 Å². The fourth-order valence-electron chi connectivity index (χ4n) is 0.801. The first-order valence-electron chi connectivity index (χ1n) is 3.86. The van der Waals surface area contributed by atoms with Gasteiger partial charge in [0.2, 0.25) is 0 Å². The summed E-state index contributed by atoms with van der Waals surface area (Å²) in [6.45, 7) is 2.45. The van der Waals surface area contributed by atoms with Gasteiger partial charge in [0.1, 0.15) is 6.07 Å². The van der Waals surface area contributed by atoms with Gasteiger partial charge in [0.25, 0.3) is 0 Å². The van der Waals surface area contributed by atoms with Crippen molar-refractivity contribution < 1.29 is 4.84 Å². The highest BCUT2D eigenvalue weighted by Crippen LogP contribution is 2.06. The third-order valence-electron chi connectivity index (χ3n) is 1.40. The average molecular weight is 178 g/mol. The van der Waals surface area contributed by atoms with Crippen LogP contribution >= 0.6 is 0 Å². The molecule has 0 bridgehead atoms. The summed E-state index contributed by atoms with van der Waals surface area (Å²) in [6.07, 6.45) is 2.90. The molecule has 0 atom stereocenters. The van der Waals surface area contributed by atoms with Crippen LogP contribution in [0.15, 0.2) is 12.4 Å². The second-order valence-electron chi connectivity index (χ2n) is 2.29. The lowest BCUT2D eigenvalue weighted by Crippen LogP contribution is -2.18.